The molecule has 0 atom stereocenters. The summed E-state index contributed by atoms with van der Waals surface area (Å²) in [4.78, 5) is 0. The van der Waals surface area contributed by atoms with Crippen LogP contribution in [-0.4, -0.2) is 0 Å². The zero-order valence-corrected chi connectivity index (χ0v) is 14.4. The van der Waals surface area contributed by atoms with E-state index in [0.29, 0.717) is 0 Å². The van der Waals surface area contributed by atoms with Crippen LogP contribution in [0, 0.1) is 0 Å². The fourth-order valence-electron chi connectivity index (χ4n) is 4.28. The Labute approximate surface area is 142 Å². The Bertz CT molecular complexity index is 1210. The van der Waals surface area contributed by atoms with Crippen LogP contribution in [0.15, 0.2) is 66.7 Å². The van der Waals surface area contributed by atoms with E-state index in [1.54, 1.807) is 0 Å². The van der Waals surface area contributed by atoms with Crippen molar-refractivity contribution in [1.82, 2.24) is 0 Å². The summed E-state index contributed by atoms with van der Waals surface area (Å²) in [7, 11) is 0. The third kappa shape index (κ3) is 1.69. The van der Waals surface area contributed by atoms with Crippen LogP contribution in [-0.2, 0) is 5.41 Å². The highest BCUT2D eigenvalue weighted by Crippen LogP contribution is 2.43. The predicted octanol–water partition coefficient (Wildman–Crippen LogP) is 7.03. The Morgan fingerprint density at radius 3 is 1.67 bits per heavy atom. The van der Waals surface area contributed by atoms with Crippen molar-refractivity contribution in [2.24, 2.45) is 0 Å². The summed E-state index contributed by atoms with van der Waals surface area (Å²) in [6, 6.07) is 24.7. The Hall–Kier alpha value is -2.60. The molecule has 0 heterocycles. The number of benzene rings is 5. The van der Waals surface area contributed by atoms with Gasteiger partial charge >= 0.3 is 0 Å². The lowest BCUT2D eigenvalue weighted by Gasteiger charge is -2.24. The van der Waals surface area contributed by atoms with Gasteiger partial charge in [0, 0.05) is 0 Å². The first-order valence-corrected chi connectivity index (χ1v) is 8.64. The van der Waals surface area contributed by atoms with Crippen LogP contribution in [0.25, 0.3) is 43.1 Å². The highest BCUT2D eigenvalue weighted by Gasteiger charge is 2.21. The van der Waals surface area contributed by atoms with Crippen LogP contribution in [0.1, 0.15) is 26.3 Å². The van der Waals surface area contributed by atoms with Crippen molar-refractivity contribution >= 4 is 43.1 Å². The average molecular weight is 308 g/mol. The maximum atomic E-state index is 2.33. The maximum absolute atomic E-state index is 2.33. The number of hydrogen-bond acceptors (Lipinski definition) is 0. The zero-order valence-electron chi connectivity index (χ0n) is 14.4. The van der Waals surface area contributed by atoms with E-state index in [1.165, 1.54) is 48.7 Å². The molecule has 0 aliphatic rings. The highest BCUT2D eigenvalue weighted by atomic mass is 14.2. The van der Waals surface area contributed by atoms with Crippen LogP contribution in [0.2, 0.25) is 0 Å². The molecule has 0 nitrogen and oxygen atoms in total. The molecule has 0 radical (unpaired) electrons. The molecule has 0 aliphatic carbocycles. The van der Waals surface area contributed by atoms with Gasteiger partial charge in [-0.1, -0.05) is 87.5 Å². The largest absolute Gasteiger partial charge is 0.0610 e. The minimum Gasteiger partial charge on any atom is -0.0610 e. The molecule has 0 bridgehead atoms. The van der Waals surface area contributed by atoms with Crippen molar-refractivity contribution in [3.63, 3.8) is 0 Å². The molecule has 0 amide bonds. The molecular formula is C24H20. The summed E-state index contributed by atoms with van der Waals surface area (Å²) in [5.74, 6) is 0. The van der Waals surface area contributed by atoms with Crippen LogP contribution in [0.5, 0.6) is 0 Å². The van der Waals surface area contributed by atoms with Gasteiger partial charge in [-0.15, -0.1) is 0 Å². The third-order valence-electron chi connectivity index (χ3n) is 5.32. The second-order valence-corrected chi connectivity index (χ2v) is 7.85. The van der Waals surface area contributed by atoms with E-state index >= 15 is 0 Å². The molecule has 0 heteroatoms. The van der Waals surface area contributed by atoms with Crippen LogP contribution in [0.4, 0.5) is 0 Å². The van der Waals surface area contributed by atoms with Gasteiger partial charge in [0.25, 0.3) is 0 Å². The summed E-state index contributed by atoms with van der Waals surface area (Å²) in [6.07, 6.45) is 0. The highest BCUT2D eigenvalue weighted by molar-refractivity contribution is 6.33. The first kappa shape index (κ1) is 13.8. The Kier molecular flexibility index (Phi) is 2.58. The fourth-order valence-corrected chi connectivity index (χ4v) is 4.28. The predicted molar refractivity (Wildman–Crippen MR) is 106 cm³/mol. The van der Waals surface area contributed by atoms with Gasteiger partial charge in [-0.3, -0.25) is 0 Å². The summed E-state index contributed by atoms with van der Waals surface area (Å²) >= 11 is 0. The first-order valence-electron chi connectivity index (χ1n) is 8.64. The van der Waals surface area contributed by atoms with Gasteiger partial charge in [0.15, 0.2) is 0 Å². The molecule has 0 N–H and O–H groups in total. The molecule has 0 fully saturated rings. The normalized spacial score (nSPS) is 12.8. The van der Waals surface area contributed by atoms with E-state index < -0.39 is 0 Å². The Balaban J connectivity index is 2.24. The summed E-state index contributed by atoms with van der Waals surface area (Å²) in [6.45, 7) is 6.94. The molecular weight excluding hydrogens is 288 g/mol. The number of fused-ring (bicyclic) bond motifs is 2. The lowest BCUT2D eigenvalue weighted by atomic mass is 9.79. The van der Waals surface area contributed by atoms with E-state index in [9.17, 15) is 0 Å². The van der Waals surface area contributed by atoms with Crippen LogP contribution < -0.4 is 0 Å². The zero-order chi connectivity index (χ0) is 16.5. The topological polar surface area (TPSA) is 0 Å². The first-order chi connectivity index (χ1) is 11.6. The fraction of sp³-hybridized carbons (Fsp3) is 0.167. The molecule has 0 saturated heterocycles. The van der Waals surface area contributed by atoms with Crippen molar-refractivity contribution in [2.75, 3.05) is 0 Å². The lowest BCUT2D eigenvalue weighted by molar-refractivity contribution is 0.596. The Morgan fingerprint density at radius 2 is 1.04 bits per heavy atom. The molecule has 5 rings (SSSR count). The standard InChI is InChI=1S/C24H20/c1-24(2,3)20-14-13-16-9-5-11-18-17-10-4-7-15-8-6-12-19(21(15)17)23(20)22(16)18/h4-14H,1-3H3. The van der Waals surface area contributed by atoms with Gasteiger partial charge in [-0.25, -0.2) is 0 Å². The van der Waals surface area contributed by atoms with Crippen molar-refractivity contribution in [2.45, 2.75) is 26.2 Å². The van der Waals surface area contributed by atoms with E-state index in [4.69, 9.17) is 0 Å². The molecule has 0 saturated carbocycles. The minimum absolute atomic E-state index is 0.116. The van der Waals surface area contributed by atoms with E-state index in [1.807, 2.05) is 0 Å². The molecule has 0 aromatic heterocycles. The van der Waals surface area contributed by atoms with Gasteiger partial charge in [0.1, 0.15) is 0 Å². The monoisotopic (exact) mass is 308 g/mol. The van der Waals surface area contributed by atoms with E-state index in [0.717, 1.165) is 0 Å². The van der Waals surface area contributed by atoms with Crippen molar-refractivity contribution in [1.29, 1.82) is 0 Å². The van der Waals surface area contributed by atoms with Crippen molar-refractivity contribution in [3.8, 4) is 0 Å². The quantitative estimate of drug-likeness (QED) is 0.213. The second kappa shape index (κ2) is 4.48. The SMILES string of the molecule is CC(C)(C)c1ccc2cccc3c4cccc5cccc(c1c23)c54. The molecule has 24 heavy (non-hydrogen) atoms. The molecule has 0 unspecified atom stereocenters. The van der Waals surface area contributed by atoms with Gasteiger partial charge in [-0.05, 0) is 54.1 Å². The number of rotatable bonds is 0. The molecule has 0 aliphatic heterocycles. The summed E-state index contributed by atoms with van der Waals surface area (Å²) in [5.41, 5.74) is 1.55. The second-order valence-electron chi connectivity index (χ2n) is 7.85. The lowest BCUT2D eigenvalue weighted by Crippen LogP contribution is -2.12. The minimum atomic E-state index is 0.116. The molecule has 116 valence electrons. The van der Waals surface area contributed by atoms with Gasteiger partial charge in [-0.2, -0.15) is 0 Å². The molecule has 5 aromatic carbocycles. The van der Waals surface area contributed by atoms with Crippen LogP contribution in [0.3, 0.4) is 0 Å². The van der Waals surface area contributed by atoms with Gasteiger partial charge in [0.05, 0.1) is 0 Å². The van der Waals surface area contributed by atoms with Crippen molar-refractivity contribution in [3.05, 3.63) is 72.3 Å². The van der Waals surface area contributed by atoms with E-state index in [2.05, 4.69) is 87.5 Å². The molecule has 5 aromatic rings. The van der Waals surface area contributed by atoms with Gasteiger partial charge < -0.3 is 0 Å². The third-order valence-corrected chi connectivity index (χ3v) is 5.32. The smallest absolute Gasteiger partial charge is 0.00234 e. The molecule has 0 spiro atoms. The van der Waals surface area contributed by atoms with E-state index in [-0.39, 0.29) is 5.41 Å². The van der Waals surface area contributed by atoms with Crippen molar-refractivity contribution < 1.29 is 0 Å². The summed E-state index contributed by atoms with van der Waals surface area (Å²) < 4.78 is 0. The maximum Gasteiger partial charge on any atom is -0.00234 e. The summed E-state index contributed by atoms with van der Waals surface area (Å²) in [5, 5.41) is 11.0. The van der Waals surface area contributed by atoms with Gasteiger partial charge in [0.2, 0.25) is 0 Å². The average Bonchev–Trinajstić information content (AvgIpc) is 2.58. The number of hydrogen-bond donors (Lipinski definition) is 0. The Morgan fingerprint density at radius 1 is 0.500 bits per heavy atom. The van der Waals surface area contributed by atoms with Crippen LogP contribution >= 0.6 is 0 Å².